The first-order chi connectivity index (χ1) is 27.0. The number of ether oxygens (including phenoxy) is 4. The quantitative estimate of drug-likeness (QED) is 0.133. The van der Waals surface area contributed by atoms with Gasteiger partial charge in [-0.1, -0.05) is 42.8 Å². The highest BCUT2D eigenvalue weighted by Crippen LogP contribution is 2.61. The van der Waals surface area contributed by atoms with Gasteiger partial charge < -0.3 is 49.6 Å². The number of aromatic hydroxyl groups is 2. The molecule has 0 aromatic heterocycles. The summed E-state index contributed by atoms with van der Waals surface area (Å²) in [5, 5.41) is 67.8. The summed E-state index contributed by atoms with van der Waals surface area (Å²) in [5.41, 5.74) is 2.72. The van der Waals surface area contributed by atoms with E-state index in [9.17, 15) is 40.2 Å². The standard InChI is InChI=1S/C44H48O12/c1-21-34(31(46)13-10-22-6-3-2-4-7-22)39(48)37-28(38(21)47)14-25(42(51)52)15-32(37)55-43-40(49)41(50)44(33(17-45)56-43)16-29-26-9-5-8-23-18-53-20-30(36(23)26)27-12-11-24(19-54-44)35(27)29/h2-4,6-7,12,14-15,23,26,29-30,33,36,40-41,43,45,47-50H,5,8-11,13,16-20H2,1H3,(H,51,52)/t23-,26-,29-,30+,33+,36-,40+,41+,43-,44-/m0/s1. The van der Waals surface area contributed by atoms with E-state index < -0.39 is 60.1 Å². The molecule has 0 radical (unpaired) electrons. The molecule has 12 nitrogen and oxygen atoms in total. The van der Waals surface area contributed by atoms with Gasteiger partial charge in [0.1, 0.15) is 41.2 Å². The molecule has 296 valence electrons. The number of carbonyl (C=O) groups is 2. The first-order valence-corrected chi connectivity index (χ1v) is 19.8. The number of carboxylic acids is 1. The van der Waals surface area contributed by atoms with E-state index in [1.54, 1.807) is 0 Å². The second kappa shape index (κ2) is 14.3. The molecule has 3 aliphatic heterocycles. The highest BCUT2D eigenvalue weighted by molar-refractivity contribution is 6.11. The second-order valence-electron chi connectivity index (χ2n) is 16.5. The largest absolute Gasteiger partial charge is 0.507 e. The third kappa shape index (κ3) is 5.79. The monoisotopic (exact) mass is 768 g/mol. The Bertz CT molecular complexity index is 2140. The van der Waals surface area contributed by atoms with E-state index in [-0.39, 0.29) is 52.2 Å². The van der Waals surface area contributed by atoms with Crippen molar-refractivity contribution >= 4 is 22.5 Å². The summed E-state index contributed by atoms with van der Waals surface area (Å²) in [4.78, 5) is 26.0. The van der Waals surface area contributed by atoms with Crippen LogP contribution in [0.2, 0.25) is 0 Å². The van der Waals surface area contributed by atoms with Gasteiger partial charge in [-0.05, 0) is 97.1 Å². The minimum absolute atomic E-state index is 0.0108. The second-order valence-corrected chi connectivity index (χ2v) is 16.5. The normalized spacial score (nSPS) is 33.4. The number of Topliss-reactive ketones (excluding diaryl/α,β-unsaturated/α-hetero) is 1. The molecule has 56 heavy (non-hydrogen) atoms. The van der Waals surface area contributed by atoms with E-state index >= 15 is 0 Å². The van der Waals surface area contributed by atoms with Crippen molar-refractivity contribution in [1.82, 2.24) is 0 Å². The highest BCUT2D eigenvalue weighted by Gasteiger charge is 2.62. The number of phenolic OH excluding ortho intramolecular Hbond substituents is 2. The molecule has 6 N–H and O–H groups in total. The number of fused-ring (bicyclic) bond motifs is 3. The van der Waals surface area contributed by atoms with Crippen molar-refractivity contribution in [2.45, 2.75) is 82.1 Å². The number of aliphatic hydroxyl groups excluding tert-OH is 3. The van der Waals surface area contributed by atoms with Gasteiger partial charge in [0.05, 0.1) is 36.3 Å². The molecule has 2 saturated carbocycles. The fourth-order valence-electron chi connectivity index (χ4n) is 11.2. The third-order valence-electron chi connectivity index (χ3n) is 13.8. The number of hydrogen-bond donors (Lipinski definition) is 6. The summed E-state index contributed by atoms with van der Waals surface area (Å²) in [6.07, 6.45) is 0.735. The fraction of sp³-hybridized carbons (Fsp3) is 0.500. The minimum atomic E-state index is -1.75. The van der Waals surface area contributed by atoms with Crippen molar-refractivity contribution in [2.24, 2.45) is 29.6 Å². The van der Waals surface area contributed by atoms with Gasteiger partial charge in [-0.2, -0.15) is 0 Å². The van der Waals surface area contributed by atoms with Gasteiger partial charge in [-0.25, -0.2) is 4.79 Å². The molecule has 10 atom stereocenters. The van der Waals surface area contributed by atoms with E-state index in [0.29, 0.717) is 43.1 Å². The maximum atomic E-state index is 13.6. The first-order valence-electron chi connectivity index (χ1n) is 19.8. The molecular formula is C44H48O12. The van der Waals surface area contributed by atoms with Gasteiger partial charge in [-0.3, -0.25) is 4.79 Å². The lowest BCUT2D eigenvalue weighted by atomic mass is 9.52. The van der Waals surface area contributed by atoms with Gasteiger partial charge >= 0.3 is 5.97 Å². The Balaban J connectivity index is 1.05. The van der Waals surface area contributed by atoms with Crippen LogP contribution in [0.1, 0.15) is 70.4 Å². The topological polar surface area (TPSA) is 192 Å². The van der Waals surface area contributed by atoms with Gasteiger partial charge in [-0.15, -0.1) is 0 Å². The molecule has 3 aliphatic carbocycles. The van der Waals surface area contributed by atoms with Crippen LogP contribution in [0.4, 0.5) is 0 Å². The third-order valence-corrected chi connectivity index (χ3v) is 13.8. The number of ketones is 1. The van der Waals surface area contributed by atoms with E-state index in [1.807, 2.05) is 30.3 Å². The first kappa shape index (κ1) is 37.3. The van der Waals surface area contributed by atoms with Crippen LogP contribution in [0.15, 0.2) is 65.3 Å². The molecule has 3 aromatic carbocycles. The molecular weight excluding hydrogens is 720 g/mol. The Morgan fingerprint density at radius 1 is 1.02 bits per heavy atom. The van der Waals surface area contributed by atoms with Gasteiger partial charge in [0.15, 0.2) is 5.78 Å². The zero-order chi connectivity index (χ0) is 39.0. The zero-order valence-electron chi connectivity index (χ0n) is 31.2. The summed E-state index contributed by atoms with van der Waals surface area (Å²) in [7, 11) is 0. The minimum Gasteiger partial charge on any atom is -0.507 e. The van der Waals surface area contributed by atoms with Crippen molar-refractivity contribution in [3.63, 3.8) is 0 Å². The number of hydrogen-bond acceptors (Lipinski definition) is 11. The summed E-state index contributed by atoms with van der Waals surface area (Å²) in [6, 6.07) is 11.6. The van der Waals surface area contributed by atoms with Crippen molar-refractivity contribution < 1.29 is 59.2 Å². The Morgan fingerprint density at radius 2 is 1.82 bits per heavy atom. The highest BCUT2D eigenvalue weighted by atomic mass is 16.7. The van der Waals surface area contributed by atoms with Crippen molar-refractivity contribution in [2.75, 3.05) is 26.4 Å². The van der Waals surface area contributed by atoms with E-state index in [2.05, 4.69) is 6.08 Å². The van der Waals surface area contributed by atoms with Crippen LogP contribution in [-0.2, 0) is 20.6 Å². The lowest BCUT2D eigenvalue weighted by molar-refractivity contribution is -0.326. The Hall–Kier alpha value is -4.30. The number of aliphatic hydroxyl groups is 3. The molecule has 12 heteroatoms. The SMILES string of the molecule is Cc1c(C(=O)CCc2ccccc2)c(O)c2c(O[C@H]3O[C@H](CO)[C@@]4(C[C@@H]5C6=C(CC=C6[C@H]6COC[C@@H]7CCC[C@@H]5[C@H]76)CO4)[C@H](O)[C@H]3O)cc(C(=O)O)cc2c1O. The molecule has 2 saturated heterocycles. The maximum Gasteiger partial charge on any atom is 0.335 e. The van der Waals surface area contributed by atoms with Crippen LogP contribution in [0, 0.1) is 36.5 Å². The molecule has 3 aromatic rings. The van der Waals surface area contributed by atoms with Crippen LogP contribution in [0.5, 0.6) is 17.2 Å². The molecule has 0 amide bonds. The van der Waals surface area contributed by atoms with Gasteiger partial charge in [0.25, 0.3) is 0 Å². The van der Waals surface area contributed by atoms with Crippen molar-refractivity contribution in [3.05, 3.63) is 87.5 Å². The number of carboxylic acid groups (broad SMARTS) is 1. The summed E-state index contributed by atoms with van der Waals surface area (Å²) < 4.78 is 25.3. The van der Waals surface area contributed by atoms with Crippen molar-refractivity contribution in [1.29, 1.82) is 0 Å². The van der Waals surface area contributed by atoms with E-state index in [0.717, 1.165) is 49.5 Å². The Morgan fingerprint density at radius 3 is 2.59 bits per heavy atom. The summed E-state index contributed by atoms with van der Waals surface area (Å²) in [5.74, 6) is -1.56. The number of allylic oxidation sites excluding steroid dienone is 2. The number of rotatable bonds is 8. The number of benzene rings is 3. The smallest absolute Gasteiger partial charge is 0.335 e. The number of aryl methyl sites for hydroxylation is 1. The number of phenols is 2. The summed E-state index contributed by atoms with van der Waals surface area (Å²) in [6.45, 7) is 2.50. The fourth-order valence-corrected chi connectivity index (χ4v) is 11.2. The van der Waals surface area contributed by atoms with E-state index in [1.165, 1.54) is 24.1 Å². The lowest BCUT2D eigenvalue weighted by Gasteiger charge is -2.56. The predicted octanol–water partition coefficient (Wildman–Crippen LogP) is 4.99. The van der Waals surface area contributed by atoms with Crippen LogP contribution in [-0.4, -0.2) is 99.0 Å². The maximum absolute atomic E-state index is 13.6. The number of carbonyl (C=O) groups excluding carboxylic acids is 1. The summed E-state index contributed by atoms with van der Waals surface area (Å²) >= 11 is 0. The Kier molecular flexibility index (Phi) is 9.50. The molecule has 4 fully saturated rings. The van der Waals surface area contributed by atoms with Crippen LogP contribution in [0.3, 0.4) is 0 Å². The van der Waals surface area contributed by atoms with Crippen molar-refractivity contribution in [3.8, 4) is 17.2 Å². The van der Waals surface area contributed by atoms with Crippen LogP contribution < -0.4 is 4.74 Å². The molecule has 3 heterocycles. The van der Waals surface area contributed by atoms with Crippen LogP contribution in [0.25, 0.3) is 10.8 Å². The molecule has 0 bridgehead atoms. The Labute approximate surface area is 324 Å². The number of aromatic carboxylic acids is 1. The molecule has 0 unspecified atom stereocenters. The van der Waals surface area contributed by atoms with Crippen LogP contribution >= 0.6 is 0 Å². The lowest BCUT2D eigenvalue weighted by Crippen LogP contribution is -2.69. The van der Waals surface area contributed by atoms with Gasteiger partial charge in [0, 0.05) is 29.9 Å². The average Bonchev–Trinajstić information content (AvgIpc) is 3.56. The van der Waals surface area contributed by atoms with E-state index in [4.69, 9.17) is 18.9 Å². The zero-order valence-corrected chi connectivity index (χ0v) is 31.2. The average molecular weight is 769 g/mol. The molecule has 9 rings (SSSR count). The molecule has 1 spiro atoms. The molecule has 6 aliphatic rings. The predicted molar refractivity (Wildman–Crippen MR) is 202 cm³/mol. The van der Waals surface area contributed by atoms with Gasteiger partial charge in [0.2, 0.25) is 6.29 Å².